The normalized spacial score (nSPS) is 12.8. The van der Waals surface area contributed by atoms with Crippen LogP contribution in [-0.4, -0.2) is 0 Å². The van der Waals surface area contributed by atoms with Gasteiger partial charge < -0.3 is 0 Å². The Hall–Kier alpha value is 0.580. The first-order chi connectivity index (χ1) is 8.00. The van der Waals surface area contributed by atoms with Crippen molar-refractivity contribution in [2.24, 2.45) is 0 Å². The van der Waals surface area contributed by atoms with Gasteiger partial charge in [0.25, 0.3) is 0 Å². The van der Waals surface area contributed by atoms with Gasteiger partial charge in [0.15, 0.2) is 0 Å². The Bertz CT molecular complexity index is 556. The molecule has 0 aliphatic rings. The minimum absolute atomic E-state index is 0.206. The van der Waals surface area contributed by atoms with E-state index < -0.39 is 0 Å². The molecule has 1 heterocycles. The minimum atomic E-state index is -0.288. The largest absolute Gasteiger partial charge is 0.207 e. The topological polar surface area (TPSA) is 0 Å². The molecule has 0 N–H and O–H groups in total. The van der Waals surface area contributed by atoms with Crippen LogP contribution in [0, 0.1) is 5.82 Å². The number of hydrogen-bond donors (Lipinski definition) is 0. The van der Waals surface area contributed by atoms with E-state index in [9.17, 15) is 4.39 Å². The summed E-state index contributed by atoms with van der Waals surface area (Å²) in [5, 5.41) is 2.45. The van der Waals surface area contributed by atoms with Crippen molar-refractivity contribution in [1.82, 2.24) is 0 Å². The lowest BCUT2D eigenvalue weighted by Crippen LogP contribution is -1.95. The fraction of sp³-hybridized carbons (Fsp3) is 0.0909. The average Bonchev–Trinajstić information content (AvgIpc) is 2.69. The maximum Gasteiger partial charge on any atom is 0.129 e. The standard InChI is InChI=1S/C11H5Br3ClFS/c12-6-1-2-17-11(6)10(14)5-3-8(15)7(13)4-9(5)16/h1-4,10H. The number of halogens is 5. The second-order valence-electron chi connectivity index (χ2n) is 3.28. The quantitative estimate of drug-likeness (QED) is 0.350. The van der Waals surface area contributed by atoms with E-state index >= 15 is 0 Å². The third kappa shape index (κ3) is 2.95. The van der Waals surface area contributed by atoms with Crippen molar-refractivity contribution in [3.05, 3.63) is 53.8 Å². The molecule has 6 heteroatoms. The predicted molar refractivity (Wildman–Crippen MR) is 81.9 cm³/mol. The van der Waals surface area contributed by atoms with Crippen LogP contribution in [0.15, 0.2) is 32.5 Å². The SMILES string of the molecule is Fc1cc(Br)c(Cl)cc1C(Br)c1sccc1Br. The summed E-state index contributed by atoms with van der Waals surface area (Å²) in [5.74, 6) is -0.288. The van der Waals surface area contributed by atoms with Gasteiger partial charge in [-0.15, -0.1) is 11.3 Å². The molecule has 0 radical (unpaired) electrons. The molecule has 90 valence electrons. The Morgan fingerprint density at radius 3 is 2.53 bits per heavy atom. The van der Waals surface area contributed by atoms with Crippen molar-refractivity contribution in [3.8, 4) is 0 Å². The summed E-state index contributed by atoms with van der Waals surface area (Å²) in [6.07, 6.45) is 0. The molecule has 1 aromatic heterocycles. The number of benzene rings is 1. The van der Waals surface area contributed by atoms with Gasteiger partial charge in [0.1, 0.15) is 5.82 Å². The first-order valence-electron chi connectivity index (χ1n) is 4.52. The van der Waals surface area contributed by atoms with Crippen molar-refractivity contribution in [2.75, 3.05) is 0 Å². The molecule has 0 nitrogen and oxygen atoms in total. The highest BCUT2D eigenvalue weighted by molar-refractivity contribution is 9.11. The third-order valence-electron chi connectivity index (χ3n) is 2.19. The number of hydrogen-bond acceptors (Lipinski definition) is 1. The highest BCUT2D eigenvalue weighted by Crippen LogP contribution is 2.41. The summed E-state index contributed by atoms with van der Waals surface area (Å²) < 4.78 is 15.4. The van der Waals surface area contributed by atoms with Gasteiger partial charge in [-0.05, 0) is 55.4 Å². The van der Waals surface area contributed by atoms with Gasteiger partial charge in [0.2, 0.25) is 0 Å². The molecule has 0 aliphatic carbocycles. The molecular formula is C11H5Br3ClFS. The molecule has 17 heavy (non-hydrogen) atoms. The van der Waals surface area contributed by atoms with E-state index in [4.69, 9.17) is 11.6 Å². The van der Waals surface area contributed by atoms with E-state index in [0.29, 0.717) is 15.1 Å². The number of rotatable bonds is 2. The lowest BCUT2D eigenvalue weighted by Gasteiger charge is -2.11. The van der Waals surface area contributed by atoms with Gasteiger partial charge in [0.05, 0.1) is 9.85 Å². The lowest BCUT2D eigenvalue weighted by molar-refractivity contribution is 0.613. The zero-order valence-corrected chi connectivity index (χ0v) is 14.5. The lowest BCUT2D eigenvalue weighted by atomic mass is 10.1. The molecule has 0 saturated carbocycles. The van der Waals surface area contributed by atoms with Crippen LogP contribution < -0.4 is 0 Å². The van der Waals surface area contributed by atoms with Crippen LogP contribution in [0.1, 0.15) is 15.3 Å². The van der Waals surface area contributed by atoms with Crippen LogP contribution in [0.2, 0.25) is 5.02 Å². The van der Waals surface area contributed by atoms with Gasteiger partial charge in [0, 0.05) is 19.4 Å². The summed E-state index contributed by atoms with van der Waals surface area (Å²) in [6, 6.07) is 4.95. The third-order valence-corrected chi connectivity index (χ3v) is 6.57. The average molecular weight is 463 g/mol. The Labute approximate surface area is 133 Å². The summed E-state index contributed by atoms with van der Waals surface area (Å²) in [5.41, 5.74) is 0.529. The molecule has 1 aromatic carbocycles. The van der Waals surface area contributed by atoms with Crippen LogP contribution in [0.4, 0.5) is 4.39 Å². The fourth-order valence-electron chi connectivity index (χ4n) is 1.36. The zero-order valence-electron chi connectivity index (χ0n) is 8.18. The molecule has 2 aromatic rings. The Morgan fingerprint density at radius 2 is 1.94 bits per heavy atom. The van der Waals surface area contributed by atoms with Crippen LogP contribution in [-0.2, 0) is 0 Å². The van der Waals surface area contributed by atoms with Crippen LogP contribution in [0.5, 0.6) is 0 Å². The second-order valence-corrected chi connectivity index (χ2v) is 7.26. The highest BCUT2D eigenvalue weighted by Gasteiger charge is 2.19. The van der Waals surface area contributed by atoms with Crippen molar-refractivity contribution >= 4 is 70.7 Å². The Morgan fingerprint density at radius 1 is 1.24 bits per heavy atom. The van der Waals surface area contributed by atoms with Gasteiger partial charge in [-0.1, -0.05) is 27.5 Å². The Kier molecular flexibility index (Phi) is 4.69. The smallest absolute Gasteiger partial charge is 0.129 e. The summed E-state index contributed by atoms with van der Waals surface area (Å²) in [4.78, 5) is 0.810. The van der Waals surface area contributed by atoms with Crippen molar-refractivity contribution < 1.29 is 4.39 Å². The monoisotopic (exact) mass is 460 g/mol. The first-order valence-corrected chi connectivity index (χ1v) is 8.28. The number of thiophene rings is 1. The molecule has 0 fully saturated rings. The predicted octanol–water partition coefficient (Wildman–Crippen LogP) is 6.55. The molecule has 1 atom stereocenters. The van der Waals surface area contributed by atoms with E-state index in [1.54, 1.807) is 17.4 Å². The van der Waals surface area contributed by atoms with E-state index in [0.717, 1.165) is 9.35 Å². The molecule has 1 unspecified atom stereocenters. The minimum Gasteiger partial charge on any atom is -0.207 e. The van der Waals surface area contributed by atoms with Crippen LogP contribution in [0.3, 0.4) is 0 Å². The molecule has 0 saturated heterocycles. The highest BCUT2D eigenvalue weighted by atomic mass is 79.9. The maximum absolute atomic E-state index is 13.9. The van der Waals surface area contributed by atoms with Gasteiger partial charge in [-0.3, -0.25) is 0 Å². The fourth-order valence-corrected chi connectivity index (χ4v) is 4.67. The molecule has 0 spiro atoms. The number of alkyl halides is 1. The van der Waals surface area contributed by atoms with Gasteiger partial charge in [-0.2, -0.15) is 0 Å². The van der Waals surface area contributed by atoms with Crippen molar-refractivity contribution in [2.45, 2.75) is 4.83 Å². The molecule has 0 bridgehead atoms. The Balaban J connectivity index is 2.48. The van der Waals surface area contributed by atoms with E-state index in [1.807, 2.05) is 11.4 Å². The van der Waals surface area contributed by atoms with E-state index in [1.165, 1.54) is 6.07 Å². The molecule has 2 rings (SSSR count). The molecular weight excluding hydrogens is 458 g/mol. The zero-order chi connectivity index (χ0) is 12.6. The second kappa shape index (κ2) is 5.70. The van der Waals surface area contributed by atoms with Crippen LogP contribution >= 0.6 is 70.7 Å². The van der Waals surface area contributed by atoms with E-state index in [2.05, 4.69) is 47.8 Å². The summed E-state index contributed by atoms with van der Waals surface area (Å²) >= 11 is 17.7. The first kappa shape index (κ1) is 14.0. The van der Waals surface area contributed by atoms with Crippen LogP contribution in [0.25, 0.3) is 0 Å². The summed E-state index contributed by atoms with van der Waals surface area (Å²) in [6.45, 7) is 0. The van der Waals surface area contributed by atoms with Crippen molar-refractivity contribution in [1.29, 1.82) is 0 Å². The summed E-state index contributed by atoms with van der Waals surface area (Å²) in [7, 11) is 0. The molecule has 0 aliphatic heterocycles. The van der Waals surface area contributed by atoms with Gasteiger partial charge >= 0.3 is 0 Å². The van der Waals surface area contributed by atoms with E-state index in [-0.39, 0.29) is 10.6 Å². The molecule has 0 amide bonds. The maximum atomic E-state index is 13.9. The van der Waals surface area contributed by atoms with Gasteiger partial charge in [-0.25, -0.2) is 4.39 Å². The van der Waals surface area contributed by atoms with Crippen molar-refractivity contribution in [3.63, 3.8) is 0 Å².